The van der Waals surface area contributed by atoms with Crippen molar-refractivity contribution in [2.75, 3.05) is 11.4 Å². The van der Waals surface area contributed by atoms with E-state index in [-0.39, 0.29) is 12.5 Å². The highest BCUT2D eigenvalue weighted by Crippen LogP contribution is 2.17. The highest BCUT2D eigenvalue weighted by atomic mass is 16.4. The number of carbonyl (C=O) groups excluding carboxylic acids is 2. The fourth-order valence-corrected chi connectivity index (χ4v) is 1.57. The lowest BCUT2D eigenvalue weighted by atomic mass is 10.1. The maximum absolute atomic E-state index is 11.6. The van der Waals surface area contributed by atoms with Crippen molar-refractivity contribution in [2.45, 2.75) is 13.8 Å². The molecular formula is C13H16N2O4. The maximum atomic E-state index is 11.6. The van der Waals surface area contributed by atoms with Crippen LogP contribution in [-0.2, 0) is 9.59 Å². The highest BCUT2D eigenvalue weighted by molar-refractivity contribution is 5.95. The summed E-state index contributed by atoms with van der Waals surface area (Å²) in [7, 11) is 0. The number of carboxylic acids is 1. The summed E-state index contributed by atoms with van der Waals surface area (Å²) in [5.74, 6) is -2.47. The summed E-state index contributed by atoms with van der Waals surface area (Å²) in [4.78, 5) is 34.7. The molecule has 0 heterocycles. The molecule has 0 radical (unpaired) electrons. The quantitative estimate of drug-likeness (QED) is 0.823. The molecule has 1 unspecified atom stereocenters. The Labute approximate surface area is 110 Å². The van der Waals surface area contributed by atoms with Gasteiger partial charge in [0.2, 0.25) is 11.8 Å². The van der Waals surface area contributed by atoms with E-state index in [9.17, 15) is 14.4 Å². The minimum atomic E-state index is -0.972. The lowest BCUT2D eigenvalue weighted by Gasteiger charge is -2.23. The van der Waals surface area contributed by atoms with Gasteiger partial charge in [0.15, 0.2) is 0 Å². The van der Waals surface area contributed by atoms with Crippen LogP contribution in [0, 0.1) is 5.92 Å². The number of carbonyl (C=O) groups is 3. The van der Waals surface area contributed by atoms with E-state index < -0.39 is 17.8 Å². The third-order valence-corrected chi connectivity index (χ3v) is 2.72. The lowest BCUT2D eigenvalue weighted by Crippen LogP contribution is -2.35. The molecule has 6 heteroatoms. The topological polar surface area (TPSA) is 101 Å². The normalized spacial score (nSPS) is 11.7. The van der Waals surface area contributed by atoms with E-state index in [4.69, 9.17) is 10.8 Å². The Kier molecular flexibility index (Phi) is 4.63. The summed E-state index contributed by atoms with van der Waals surface area (Å²) >= 11 is 0. The molecule has 2 amide bonds. The number of anilines is 1. The Hall–Kier alpha value is -2.37. The molecule has 1 aromatic rings. The van der Waals surface area contributed by atoms with Gasteiger partial charge in [-0.25, -0.2) is 0 Å². The number of hydrogen-bond donors (Lipinski definition) is 2. The van der Waals surface area contributed by atoms with Crippen LogP contribution in [0.15, 0.2) is 24.3 Å². The Bertz CT molecular complexity index is 496. The molecule has 102 valence electrons. The summed E-state index contributed by atoms with van der Waals surface area (Å²) in [6, 6.07) is 6.13. The zero-order valence-electron chi connectivity index (χ0n) is 10.8. The maximum Gasteiger partial charge on any atom is 0.308 e. The van der Waals surface area contributed by atoms with Crippen molar-refractivity contribution in [2.24, 2.45) is 11.7 Å². The highest BCUT2D eigenvalue weighted by Gasteiger charge is 2.19. The van der Waals surface area contributed by atoms with E-state index >= 15 is 0 Å². The number of aliphatic carboxylic acids is 1. The zero-order valence-corrected chi connectivity index (χ0v) is 10.8. The second kappa shape index (κ2) is 5.99. The van der Waals surface area contributed by atoms with Crippen LogP contribution < -0.4 is 10.6 Å². The molecule has 0 aliphatic heterocycles. The van der Waals surface area contributed by atoms with E-state index in [2.05, 4.69) is 0 Å². The van der Waals surface area contributed by atoms with Crippen molar-refractivity contribution in [1.82, 2.24) is 0 Å². The van der Waals surface area contributed by atoms with Crippen LogP contribution in [0.2, 0.25) is 0 Å². The molecule has 0 bridgehead atoms. The van der Waals surface area contributed by atoms with Gasteiger partial charge in [0, 0.05) is 24.7 Å². The summed E-state index contributed by atoms with van der Waals surface area (Å²) < 4.78 is 0. The van der Waals surface area contributed by atoms with Gasteiger partial charge in [-0.05, 0) is 24.3 Å². The Morgan fingerprint density at radius 2 is 1.79 bits per heavy atom. The molecule has 0 saturated heterocycles. The molecular weight excluding hydrogens is 248 g/mol. The number of primary amides is 1. The Morgan fingerprint density at radius 1 is 1.26 bits per heavy atom. The molecule has 0 saturated carbocycles. The molecule has 6 nitrogen and oxygen atoms in total. The standard InChI is InChI=1S/C13H16N2O4/c1-8(13(18)19)7-15(9(2)16)11-5-3-10(4-6-11)12(14)17/h3-6,8H,7H2,1-2H3,(H2,14,17)(H,18,19). The summed E-state index contributed by atoms with van der Waals surface area (Å²) in [5, 5.41) is 8.88. The van der Waals surface area contributed by atoms with E-state index in [1.807, 2.05) is 0 Å². The fraction of sp³-hybridized carbons (Fsp3) is 0.308. The van der Waals surface area contributed by atoms with Gasteiger partial charge in [-0.2, -0.15) is 0 Å². The molecule has 0 spiro atoms. The van der Waals surface area contributed by atoms with Gasteiger partial charge < -0.3 is 15.7 Å². The SMILES string of the molecule is CC(=O)N(CC(C)C(=O)O)c1ccc(C(N)=O)cc1. The molecule has 0 aromatic heterocycles. The largest absolute Gasteiger partial charge is 0.481 e. The average Bonchev–Trinajstić information content (AvgIpc) is 2.35. The zero-order chi connectivity index (χ0) is 14.6. The molecule has 1 atom stereocenters. The first-order chi connectivity index (χ1) is 8.82. The Balaban J connectivity index is 2.96. The van der Waals surface area contributed by atoms with Gasteiger partial charge >= 0.3 is 5.97 Å². The van der Waals surface area contributed by atoms with Crippen LogP contribution in [0.25, 0.3) is 0 Å². The second-order valence-corrected chi connectivity index (χ2v) is 4.28. The molecule has 19 heavy (non-hydrogen) atoms. The lowest BCUT2D eigenvalue weighted by molar-refractivity contribution is -0.140. The minimum Gasteiger partial charge on any atom is -0.481 e. The number of amides is 2. The number of hydrogen-bond acceptors (Lipinski definition) is 3. The van der Waals surface area contributed by atoms with E-state index in [1.54, 1.807) is 12.1 Å². The molecule has 0 fully saturated rings. The van der Waals surface area contributed by atoms with Crippen LogP contribution in [0.1, 0.15) is 24.2 Å². The first-order valence-corrected chi connectivity index (χ1v) is 5.73. The molecule has 3 N–H and O–H groups in total. The van der Waals surface area contributed by atoms with Crippen LogP contribution in [0.3, 0.4) is 0 Å². The molecule has 0 aliphatic carbocycles. The summed E-state index contributed by atoms with van der Waals surface area (Å²) in [5.41, 5.74) is 5.99. The van der Waals surface area contributed by atoms with Crippen molar-refractivity contribution < 1.29 is 19.5 Å². The number of benzene rings is 1. The van der Waals surface area contributed by atoms with Crippen molar-refractivity contribution in [1.29, 1.82) is 0 Å². The fourth-order valence-electron chi connectivity index (χ4n) is 1.57. The minimum absolute atomic E-state index is 0.0700. The van der Waals surface area contributed by atoms with E-state index in [0.717, 1.165) is 0 Å². The van der Waals surface area contributed by atoms with Crippen molar-refractivity contribution in [3.8, 4) is 0 Å². The van der Waals surface area contributed by atoms with Crippen molar-refractivity contribution >= 4 is 23.5 Å². The van der Waals surface area contributed by atoms with Crippen LogP contribution in [0.5, 0.6) is 0 Å². The smallest absolute Gasteiger partial charge is 0.308 e. The number of nitrogens with zero attached hydrogens (tertiary/aromatic N) is 1. The molecule has 0 aliphatic rings. The van der Waals surface area contributed by atoms with E-state index in [0.29, 0.717) is 11.3 Å². The third kappa shape index (κ3) is 3.80. The van der Waals surface area contributed by atoms with Crippen molar-refractivity contribution in [3.63, 3.8) is 0 Å². The number of carboxylic acid groups (broad SMARTS) is 1. The first-order valence-electron chi connectivity index (χ1n) is 5.73. The average molecular weight is 264 g/mol. The molecule has 1 rings (SSSR count). The van der Waals surface area contributed by atoms with Crippen LogP contribution >= 0.6 is 0 Å². The monoisotopic (exact) mass is 264 g/mol. The molecule has 1 aromatic carbocycles. The van der Waals surface area contributed by atoms with Gasteiger partial charge in [0.25, 0.3) is 0 Å². The first kappa shape index (κ1) is 14.7. The van der Waals surface area contributed by atoms with Crippen LogP contribution in [-0.4, -0.2) is 29.4 Å². The van der Waals surface area contributed by atoms with Gasteiger partial charge in [-0.15, -0.1) is 0 Å². The Morgan fingerprint density at radius 3 is 2.16 bits per heavy atom. The van der Waals surface area contributed by atoms with Gasteiger partial charge in [0.05, 0.1) is 5.92 Å². The predicted octanol–water partition coefficient (Wildman–Crippen LogP) is 0.859. The number of nitrogens with two attached hydrogens (primary N) is 1. The van der Waals surface area contributed by atoms with Crippen molar-refractivity contribution in [3.05, 3.63) is 29.8 Å². The summed E-state index contributed by atoms with van der Waals surface area (Å²) in [6.45, 7) is 2.95. The van der Waals surface area contributed by atoms with Gasteiger partial charge in [0.1, 0.15) is 0 Å². The van der Waals surface area contributed by atoms with Crippen LogP contribution in [0.4, 0.5) is 5.69 Å². The predicted molar refractivity (Wildman–Crippen MR) is 69.8 cm³/mol. The van der Waals surface area contributed by atoms with Gasteiger partial charge in [-0.1, -0.05) is 6.92 Å². The third-order valence-electron chi connectivity index (χ3n) is 2.72. The van der Waals surface area contributed by atoms with E-state index in [1.165, 1.54) is 30.9 Å². The second-order valence-electron chi connectivity index (χ2n) is 4.28. The summed E-state index contributed by atoms with van der Waals surface area (Å²) in [6.07, 6.45) is 0. The van der Waals surface area contributed by atoms with Gasteiger partial charge in [-0.3, -0.25) is 14.4 Å². The number of rotatable bonds is 5.